The van der Waals surface area contributed by atoms with Gasteiger partial charge in [0.2, 0.25) is 0 Å². The lowest BCUT2D eigenvalue weighted by Crippen LogP contribution is -2.43. The zero-order valence-corrected chi connectivity index (χ0v) is 9.77. The van der Waals surface area contributed by atoms with Gasteiger partial charge in [0.05, 0.1) is 0 Å². The van der Waals surface area contributed by atoms with Gasteiger partial charge in [-0.3, -0.25) is 4.79 Å². The lowest BCUT2D eigenvalue weighted by Gasteiger charge is -2.19. The number of nitrogens with zero attached hydrogens (tertiary/aromatic N) is 1. The number of rotatable bonds is 5. The number of hydrogen-bond acceptors (Lipinski definition) is 4. The third-order valence-electron chi connectivity index (χ3n) is 2.49. The molecule has 1 aromatic heterocycles. The van der Waals surface area contributed by atoms with Gasteiger partial charge in [-0.25, -0.2) is 4.98 Å². The molecule has 0 fully saturated rings. The van der Waals surface area contributed by atoms with Crippen molar-refractivity contribution in [2.75, 3.05) is 6.54 Å². The molecule has 1 rings (SSSR count). The SMILES string of the molecule is CC(C)C(CN)NC(=O)c1ccc([N+](=O)[O-])[nH]1. The Morgan fingerprint density at radius 2 is 2.24 bits per heavy atom. The average molecular weight is 240 g/mol. The summed E-state index contributed by atoms with van der Waals surface area (Å²) in [6.07, 6.45) is 0. The van der Waals surface area contributed by atoms with Crippen molar-refractivity contribution >= 4 is 11.7 Å². The zero-order valence-electron chi connectivity index (χ0n) is 9.77. The molecule has 1 aromatic rings. The third kappa shape index (κ3) is 3.28. The molecule has 7 heteroatoms. The van der Waals surface area contributed by atoms with Crippen LogP contribution in [-0.4, -0.2) is 28.4 Å². The Morgan fingerprint density at radius 1 is 1.59 bits per heavy atom. The van der Waals surface area contributed by atoms with Crippen LogP contribution < -0.4 is 11.1 Å². The number of aromatic nitrogens is 1. The number of nitrogens with one attached hydrogen (secondary N) is 2. The first-order valence-electron chi connectivity index (χ1n) is 5.30. The largest absolute Gasteiger partial charge is 0.358 e. The average Bonchev–Trinajstić information content (AvgIpc) is 2.74. The maximum atomic E-state index is 11.7. The summed E-state index contributed by atoms with van der Waals surface area (Å²) in [5, 5.41) is 13.2. The fraction of sp³-hybridized carbons (Fsp3) is 0.500. The monoisotopic (exact) mass is 240 g/mol. The highest BCUT2D eigenvalue weighted by atomic mass is 16.6. The molecular formula is C10H16N4O3. The third-order valence-corrected chi connectivity index (χ3v) is 2.49. The van der Waals surface area contributed by atoms with Crippen molar-refractivity contribution in [3.63, 3.8) is 0 Å². The number of hydrogen-bond donors (Lipinski definition) is 3. The van der Waals surface area contributed by atoms with Crippen LogP contribution in [0, 0.1) is 16.0 Å². The Morgan fingerprint density at radius 3 is 2.65 bits per heavy atom. The molecule has 0 saturated heterocycles. The standard InChI is InChI=1S/C10H16N4O3/c1-6(2)8(5-11)13-10(15)7-3-4-9(12-7)14(16)17/h3-4,6,8,12H,5,11H2,1-2H3,(H,13,15). The number of H-pyrrole nitrogens is 1. The molecular weight excluding hydrogens is 224 g/mol. The van der Waals surface area contributed by atoms with Crippen LogP contribution in [0.5, 0.6) is 0 Å². The van der Waals surface area contributed by atoms with Crippen LogP contribution in [0.1, 0.15) is 24.3 Å². The van der Waals surface area contributed by atoms with E-state index in [-0.39, 0.29) is 29.4 Å². The van der Waals surface area contributed by atoms with Gasteiger partial charge in [-0.2, -0.15) is 0 Å². The van der Waals surface area contributed by atoms with E-state index < -0.39 is 4.92 Å². The molecule has 0 aliphatic heterocycles. The van der Waals surface area contributed by atoms with E-state index in [4.69, 9.17) is 5.73 Å². The molecule has 94 valence electrons. The van der Waals surface area contributed by atoms with Crippen LogP contribution >= 0.6 is 0 Å². The molecule has 0 aromatic carbocycles. The van der Waals surface area contributed by atoms with E-state index in [1.54, 1.807) is 0 Å². The van der Waals surface area contributed by atoms with Crippen LogP contribution in [0.3, 0.4) is 0 Å². The van der Waals surface area contributed by atoms with E-state index in [0.29, 0.717) is 6.54 Å². The second kappa shape index (κ2) is 5.44. The Labute approximate surface area is 98.5 Å². The van der Waals surface area contributed by atoms with E-state index in [9.17, 15) is 14.9 Å². The van der Waals surface area contributed by atoms with Crippen LogP contribution in [0.2, 0.25) is 0 Å². The van der Waals surface area contributed by atoms with E-state index in [1.807, 2.05) is 13.8 Å². The van der Waals surface area contributed by atoms with Gasteiger partial charge < -0.3 is 21.2 Å². The molecule has 0 saturated carbocycles. The van der Waals surface area contributed by atoms with E-state index in [1.165, 1.54) is 12.1 Å². The Kier molecular flexibility index (Phi) is 4.22. The fourth-order valence-corrected chi connectivity index (χ4v) is 1.37. The normalized spacial score (nSPS) is 12.5. The number of amides is 1. The number of nitrogens with two attached hydrogens (primary N) is 1. The number of carbonyl (C=O) groups is 1. The molecule has 1 amide bonds. The highest BCUT2D eigenvalue weighted by Crippen LogP contribution is 2.10. The van der Waals surface area contributed by atoms with Crippen molar-refractivity contribution < 1.29 is 9.72 Å². The lowest BCUT2D eigenvalue weighted by molar-refractivity contribution is -0.389. The van der Waals surface area contributed by atoms with Crippen molar-refractivity contribution in [2.45, 2.75) is 19.9 Å². The molecule has 0 aliphatic carbocycles. The van der Waals surface area contributed by atoms with Crippen LogP contribution in [-0.2, 0) is 0 Å². The predicted octanol–water partition coefficient (Wildman–Crippen LogP) is 0.636. The van der Waals surface area contributed by atoms with Gasteiger partial charge in [0, 0.05) is 18.7 Å². The highest BCUT2D eigenvalue weighted by Gasteiger charge is 2.19. The van der Waals surface area contributed by atoms with Crippen molar-refractivity contribution in [1.29, 1.82) is 0 Å². The first kappa shape index (κ1) is 13.2. The van der Waals surface area contributed by atoms with Crippen molar-refractivity contribution in [2.24, 2.45) is 11.7 Å². The summed E-state index contributed by atoms with van der Waals surface area (Å²) in [6.45, 7) is 4.20. The Bertz CT molecular complexity index is 413. The molecule has 0 radical (unpaired) electrons. The minimum absolute atomic E-state index is 0.148. The minimum Gasteiger partial charge on any atom is -0.358 e. The summed E-state index contributed by atoms with van der Waals surface area (Å²) in [4.78, 5) is 24.0. The molecule has 1 unspecified atom stereocenters. The van der Waals surface area contributed by atoms with E-state index >= 15 is 0 Å². The molecule has 1 heterocycles. The summed E-state index contributed by atoms with van der Waals surface area (Å²) < 4.78 is 0. The second-order valence-electron chi connectivity index (χ2n) is 4.07. The van der Waals surface area contributed by atoms with Gasteiger partial charge in [0.25, 0.3) is 5.91 Å². The van der Waals surface area contributed by atoms with Crippen molar-refractivity contribution in [3.05, 3.63) is 27.9 Å². The summed E-state index contributed by atoms with van der Waals surface area (Å²) in [5.41, 5.74) is 5.68. The molecule has 0 spiro atoms. The lowest BCUT2D eigenvalue weighted by atomic mass is 10.0. The molecule has 7 nitrogen and oxygen atoms in total. The smallest absolute Gasteiger partial charge is 0.321 e. The minimum atomic E-state index is -0.584. The second-order valence-corrected chi connectivity index (χ2v) is 4.07. The fourth-order valence-electron chi connectivity index (χ4n) is 1.37. The van der Waals surface area contributed by atoms with Crippen molar-refractivity contribution in [3.8, 4) is 0 Å². The topological polar surface area (TPSA) is 114 Å². The Balaban J connectivity index is 2.72. The zero-order chi connectivity index (χ0) is 13.0. The number of aromatic amines is 1. The van der Waals surface area contributed by atoms with Crippen molar-refractivity contribution in [1.82, 2.24) is 10.3 Å². The summed E-state index contributed by atoms with van der Waals surface area (Å²) in [5.74, 6) is -0.389. The van der Waals surface area contributed by atoms with Gasteiger partial charge in [-0.1, -0.05) is 13.8 Å². The van der Waals surface area contributed by atoms with Gasteiger partial charge in [-0.15, -0.1) is 0 Å². The maximum absolute atomic E-state index is 11.7. The van der Waals surface area contributed by atoms with Gasteiger partial charge >= 0.3 is 5.82 Å². The number of carbonyl (C=O) groups excluding carboxylic acids is 1. The molecule has 4 N–H and O–H groups in total. The maximum Gasteiger partial charge on any atom is 0.321 e. The summed E-state index contributed by atoms with van der Waals surface area (Å²) in [6, 6.07) is 2.48. The first-order chi connectivity index (χ1) is 7.95. The predicted molar refractivity (Wildman–Crippen MR) is 62.6 cm³/mol. The summed E-state index contributed by atoms with van der Waals surface area (Å²) >= 11 is 0. The van der Waals surface area contributed by atoms with E-state index in [2.05, 4.69) is 10.3 Å². The molecule has 1 atom stereocenters. The Hall–Kier alpha value is -1.89. The molecule has 17 heavy (non-hydrogen) atoms. The first-order valence-corrected chi connectivity index (χ1v) is 5.30. The molecule has 0 bridgehead atoms. The van der Waals surface area contributed by atoms with Gasteiger partial charge in [0.1, 0.15) is 0 Å². The van der Waals surface area contributed by atoms with Gasteiger partial charge in [0.15, 0.2) is 5.69 Å². The summed E-state index contributed by atoms with van der Waals surface area (Å²) in [7, 11) is 0. The highest BCUT2D eigenvalue weighted by molar-refractivity contribution is 5.93. The van der Waals surface area contributed by atoms with Crippen LogP contribution in [0.25, 0.3) is 0 Å². The van der Waals surface area contributed by atoms with E-state index in [0.717, 1.165) is 0 Å². The van der Waals surface area contributed by atoms with Crippen LogP contribution in [0.4, 0.5) is 5.82 Å². The molecule has 0 aliphatic rings. The van der Waals surface area contributed by atoms with Crippen LogP contribution in [0.15, 0.2) is 12.1 Å². The quantitative estimate of drug-likeness (QED) is 0.517. The number of nitro groups is 1. The van der Waals surface area contributed by atoms with Gasteiger partial charge in [-0.05, 0) is 16.9 Å².